The van der Waals surface area contributed by atoms with E-state index in [9.17, 15) is 25.0 Å². The number of nitrogens with one attached hydrogen (secondary N) is 1. The fourth-order valence-corrected chi connectivity index (χ4v) is 1.66. The van der Waals surface area contributed by atoms with Crippen molar-refractivity contribution in [2.24, 2.45) is 5.10 Å². The van der Waals surface area contributed by atoms with Crippen LogP contribution in [0, 0.1) is 20.2 Å². The summed E-state index contributed by atoms with van der Waals surface area (Å²) < 4.78 is 5.13. The second-order valence-corrected chi connectivity index (χ2v) is 5.94. The van der Waals surface area contributed by atoms with Crippen LogP contribution in [0.1, 0.15) is 34.1 Å². The van der Waals surface area contributed by atoms with Crippen molar-refractivity contribution >= 4 is 28.7 Å². The van der Waals surface area contributed by atoms with E-state index in [1.54, 1.807) is 27.7 Å². The third kappa shape index (κ3) is 5.99. The Balaban J connectivity index is 2.87. The second kappa shape index (κ2) is 7.49. The minimum absolute atomic E-state index is 0.0193. The molecule has 0 heterocycles. The summed E-state index contributed by atoms with van der Waals surface area (Å²) in [6.45, 7) is 6.75. The number of carbonyl (C=O) groups is 1. The van der Waals surface area contributed by atoms with E-state index in [0.29, 0.717) is 5.71 Å². The number of anilines is 1. The Morgan fingerprint density at radius 2 is 1.88 bits per heavy atom. The van der Waals surface area contributed by atoms with Gasteiger partial charge in [0.1, 0.15) is 11.3 Å². The lowest BCUT2D eigenvalue weighted by Crippen LogP contribution is -2.25. The Labute approximate surface area is 137 Å². The number of rotatable bonds is 6. The smallest absolute Gasteiger partial charge is 0.312 e. The molecule has 10 heteroatoms. The third-order valence-corrected chi connectivity index (χ3v) is 2.58. The van der Waals surface area contributed by atoms with E-state index in [1.165, 1.54) is 6.07 Å². The largest absolute Gasteiger partial charge is 0.460 e. The normalized spacial score (nSPS) is 11.8. The molecule has 1 aromatic carbocycles. The predicted octanol–water partition coefficient (Wildman–Crippen LogP) is 3.02. The summed E-state index contributed by atoms with van der Waals surface area (Å²) in [6, 6.07) is 3.13. The van der Waals surface area contributed by atoms with Gasteiger partial charge < -0.3 is 4.74 Å². The summed E-state index contributed by atoms with van der Waals surface area (Å²) in [5, 5.41) is 25.5. The lowest BCUT2D eigenvalue weighted by atomic mass is 10.2. The lowest BCUT2D eigenvalue weighted by Gasteiger charge is -2.19. The molecule has 0 spiro atoms. The molecule has 24 heavy (non-hydrogen) atoms. The van der Waals surface area contributed by atoms with Crippen LogP contribution in [0.2, 0.25) is 0 Å². The molecule has 1 N–H and O–H groups in total. The number of ether oxygens (including phenoxy) is 1. The highest BCUT2D eigenvalue weighted by Crippen LogP contribution is 2.28. The van der Waals surface area contributed by atoms with Crippen molar-refractivity contribution in [3.63, 3.8) is 0 Å². The number of non-ortho nitro benzene ring substituents is 1. The van der Waals surface area contributed by atoms with Gasteiger partial charge in [-0.25, -0.2) is 0 Å². The van der Waals surface area contributed by atoms with Crippen molar-refractivity contribution in [3.8, 4) is 0 Å². The first-order valence-corrected chi connectivity index (χ1v) is 6.93. The Bertz CT molecular complexity index is 693. The molecule has 0 aliphatic carbocycles. The fraction of sp³-hybridized carbons (Fsp3) is 0.429. The van der Waals surface area contributed by atoms with E-state index in [4.69, 9.17) is 4.74 Å². The molecule has 0 fully saturated rings. The van der Waals surface area contributed by atoms with Crippen molar-refractivity contribution in [2.75, 3.05) is 5.43 Å². The highest BCUT2D eigenvalue weighted by Gasteiger charge is 2.20. The molecule has 0 bridgehead atoms. The van der Waals surface area contributed by atoms with Crippen molar-refractivity contribution < 1.29 is 19.4 Å². The first-order valence-electron chi connectivity index (χ1n) is 6.93. The van der Waals surface area contributed by atoms with Crippen molar-refractivity contribution in [2.45, 2.75) is 39.7 Å². The van der Waals surface area contributed by atoms with E-state index < -0.39 is 32.8 Å². The monoisotopic (exact) mass is 338 g/mol. The number of hydrogen-bond acceptors (Lipinski definition) is 8. The van der Waals surface area contributed by atoms with Crippen LogP contribution in [0.4, 0.5) is 17.1 Å². The van der Waals surface area contributed by atoms with Gasteiger partial charge in [0.05, 0.1) is 22.3 Å². The summed E-state index contributed by atoms with van der Waals surface area (Å²) in [5.41, 5.74) is 1.26. The van der Waals surface area contributed by atoms with Gasteiger partial charge in [0.25, 0.3) is 5.69 Å². The van der Waals surface area contributed by atoms with Crippen molar-refractivity contribution in [1.29, 1.82) is 0 Å². The number of carbonyl (C=O) groups excluding carboxylic acids is 1. The SMILES string of the molecule is CC(CC(=O)OC(C)(C)C)=NNc1ccc([N+](=O)[O-])cc1[N+](=O)[O-]. The molecular formula is C14H18N4O6. The maximum absolute atomic E-state index is 11.7. The Hall–Kier alpha value is -3.04. The summed E-state index contributed by atoms with van der Waals surface area (Å²) in [7, 11) is 0. The molecule has 0 unspecified atom stereocenters. The Morgan fingerprint density at radius 3 is 2.38 bits per heavy atom. The summed E-state index contributed by atoms with van der Waals surface area (Å²) in [4.78, 5) is 31.8. The molecule has 0 radical (unpaired) electrons. The van der Waals surface area contributed by atoms with Crippen LogP contribution in [-0.2, 0) is 9.53 Å². The zero-order valence-electron chi connectivity index (χ0n) is 13.7. The molecule has 1 aromatic rings. The van der Waals surface area contributed by atoms with Gasteiger partial charge in [0, 0.05) is 11.8 Å². The summed E-state index contributed by atoms with van der Waals surface area (Å²) >= 11 is 0. The van der Waals surface area contributed by atoms with E-state index in [1.807, 2.05) is 0 Å². The first kappa shape index (κ1) is 19.0. The highest BCUT2D eigenvalue weighted by atomic mass is 16.6. The van der Waals surface area contributed by atoms with Gasteiger partial charge in [-0.15, -0.1) is 0 Å². The number of esters is 1. The average molecular weight is 338 g/mol. The van der Waals surface area contributed by atoms with Gasteiger partial charge in [0.15, 0.2) is 0 Å². The zero-order chi connectivity index (χ0) is 18.5. The van der Waals surface area contributed by atoms with Gasteiger partial charge in [-0.1, -0.05) is 0 Å². The van der Waals surface area contributed by atoms with Crippen LogP contribution < -0.4 is 5.43 Å². The van der Waals surface area contributed by atoms with Crippen LogP contribution in [-0.4, -0.2) is 27.1 Å². The average Bonchev–Trinajstić information content (AvgIpc) is 2.42. The van der Waals surface area contributed by atoms with Crippen LogP contribution in [0.15, 0.2) is 23.3 Å². The number of nitrogens with zero attached hydrogens (tertiary/aromatic N) is 3. The predicted molar refractivity (Wildman–Crippen MR) is 86.9 cm³/mol. The summed E-state index contributed by atoms with van der Waals surface area (Å²) in [5.74, 6) is -0.483. The minimum Gasteiger partial charge on any atom is -0.460 e. The molecule has 130 valence electrons. The van der Waals surface area contributed by atoms with Crippen molar-refractivity contribution in [1.82, 2.24) is 0 Å². The fourth-order valence-electron chi connectivity index (χ4n) is 1.66. The molecule has 0 saturated carbocycles. The van der Waals surface area contributed by atoms with Gasteiger partial charge in [-0.05, 0) is 33.8 Å². The first-order chi connectivity index (χ1) is 11.0. The molecule has 0 aliphatic heterocycles. The second-order valence-electron chi connectivity index (χ2n) is 5.94. The van der Waals surface area contributed by atoms with Crippen LogP contribution in [0.3, 0.4) is 0 Å². The molecule has 1 rings (SSSR count). The number of hydrazone groups is 1. The molecule has 10 nitrogen and oxygen atoms in total. The van der Waals surface area contributed by atoms with E-state index in [2.05, 4.69) is 10.5 Å². The number of nitro groups is 2. The van der Waals surface area contributed by atoms with Crippen molar-refractivity contribution in [3.05, 3.63) is 38.4 Å². The van der Waals surface area contributed by atoms with Gasteiger partial charge >= 0.3 is 11.7 Å². The zero-order valence-corrected chi connectivity index (χ0v) is 13.7. The molecular weight excluding hydrogens is 320 g/mol. The van der Waals surface area contributed by atoms with Crippen LogP contribution in [0.25, 0.3) is 0 Å². The van der Waals surface area contributed by atoms with E-state index in [0.717, 1.165) is 12.1 Å². The summed E-state index contributed by atoms with van der Waals surface area (Å²) in [6.07, 6.45) is -0.0922. The Morgan fingerprint density at radius 1 is 1.25 bits per heavy atom. The molecule has 0 aromatic heterocycles. The third-order valence-electron chi connectivity index (χ3n) is 2.58. The van der Waals surface area contributed by atoms with Gasteiger partial charge in [0.2, 0.25) is 0 Å². The number of benzene rings is 1. The van der Waals surface area contributed by atoms with Gasteiger partial charge in [-0.2, -0.15) is 5.10 Å². The Kier molecular flexibility index (Phi) is 5.93. The van der Waals surface area contributed by atoms with E-state index >= 15 is 0 Å². The number of nitro benzene ring substituents is 2. The molecule has 0 saturated heterocycles. The quantitative estimate of drug-likeness (QED) is 0.364. The highest BCUT2D eigenvalue weighted by molar-refractivity contribution is 5.98. The topological polar surface area (TPSA) is 137 Å². The van der Waals surface area contributed by atoms with Crippen LogP contribution >= 0.6 is 0 Å². The maximum atomic E-state index is 11.7. The van der Waals surface area contributed by atoms with Crippen LogP contribution in [0.5, 0.6) is 0 Å². The molecule has 0 aliphatic rings. The minimum atomic E-state index is -0.756. The number of hydrogen-bond donors (Lipinski definition) is 1. The van der Waals surface area contributed by atoms with E-state index in [-0.39, 0.29) is 12.1 Å². The molecule has 0 amide bonds. The lowest BCUT2D eigenvalue weighted by molar-refractivity contribution is -0.393. The molecule has 0 atom stereocenters. The standard InChI is InChI=1S/C14H18N4O6/c1-9(7-13(19)24-14(2,3)4)15-16-11-6-5-10(17(20)21)8-12(11)18(22)23/h5-6,8,16H,7H2,1-4H3. The van der Waals surface area contributed by atoms with Gasteiger partial charge in [-0.3, -0.25) is 30.4 Å². The maximum Gasteiger partial charge on any atom is 0.312 e.